The fourth-order valence-electron chi connectivity index (χ4n) is 1.47. The SMILES string of the molecule is CCC.CCNCCNC(C)c1cccc(O)c1. The van der Waals surface area contributed by atoms with Crippen LogP contribution in [-0.4, -0.2) is 24.7 Å². The van der Waals surface area contributed by atoms with E-state index in [1.54, 1.807) is 12.1 Å². The zero-order valence-electron chi connectivity index (χ0n) is 12.2. The Morgan fingerprint density at radius 3 is 2.39 bits per heavy atom. The van der Waals surface area contributed by atoms with Crippen molar-refractivity contribution in [1.82, 2.24) is 10.6 Å². The number of phenolic OH excluding ortho intramolecular Hbond substituents is 1. The summed E-state index contributed by atoms with van der Waals surface area (Å²) in [6, 6.07) is 7.65. The van der Waals surface area contributed by atoms with Gasteiger partial charge < -0.3 is 15.7 Å². The highest BCUT2D eigenvalue weighted by Crippen LogP contribution is 2.17. The van der Waals surface area contributed by atoms with Crippen LogP contribution in [0.4, 0.5) is 0 Å². The summed E-state index contributed by atoms with van der Waals surface area (Å²) in [7, 11) is 0. The summed E-state index contributed by atoms with van der Waals surface area (Å²) in [5, 5.41) is 16.0. The van der Waals surface area contributed by atoms with Crippen molar-refractivity contribution in [3.8, 4) is 5.75 Å². The number of nitrogens with one attached hydrogen (secondary N) is 2. The monoisotopic (exact) mass is 252 g/mol. The molecule has 0 amide bonds. The predicted molar refractivity (Wildman–Crippen MR) is 79.0 cm³/mol. The van der Waals surface area contributed by atoms with Crippen molar-refractivity contribution in [2.45, 2.75) is 40.2 Å². The van der Waals surface area contributed by atoms with Gasteiger partial charge in [0.2, 0.25) is 0 Å². The van der Waals surface area contributed by atoms with E-state index in [1.807, 2.05) is 12.1 Å². The van der Waals surface area contributed by atoms with Gasteiger partial charge >= 0.3 is 0 Å². The molecule has 0 aliphatic rings. The standard InChI is InChI=1S/C12H20N2O.C3H8/c1-3-13-7-8-14-10(2)11-5-4-6-12(15)9-11;1-3-2/h4-6,9-10,13-15H,3,7-8H2,1-2H3;3H2,1-2H3. The van der Waals surface area contributed by atoms with Crippen LogP contribution in [0.5, 0.6) is 5.75 Å². The molecule has 1 aromatic rings. The number of benzene rings is 1. The van der Waals surface area contributed by atoms with Crippen LogP contribution in [-0.2, 0) is 0 Å². The third kappa shape index (κ3) is 8.09. The molecular weight excluding hydrogens is 224 g/mol. The molecule has 0 heterocycles. The van der Waals surface area contributed by atoms with Gasteiger partial charge in [0.15, 0.2) is 0 Å². The summed E-state index contributed by atoms with van der Waals surface area (Å²) in [6.07, 6.45) is 1.25. The van der Waals surface area contributed by atoms with Gasteiger partial charge in [0, 0.05) is 19.1 Å². The molecule has 0 bridgehead atoms. The van der Waals surface area contributed by atoms with Gasteiger partial charge in [-0.3, -0.25) is 0 Å². The molecule has 18 heavy (non-hydrogen) atoms. The first-order chi connectivity index (χ1) is 8.65. The van der Waals surface area contributed by atoms with Crippen molar-refractivity contribution >= 4 is 0 Å². The lowest BCUT2D eigenvalue weighted by Crippen LogP contribution is -2.28. The molecule has 0 spiro atoms. The maximum atomic E-state index is 9.33. The first kappa shape index (κ1) is 16.9. The Morgan fingerprint density at radius 1 is 1.17 bits per heavy atom. The highest BCUT2D eigenvalue weighted by molar-refractivity contribution is 5.28. The van der Waals surface area contributed by atoms with E-state index in [2.05, 4.69) is 38.3 Å². The van der Waals surface area contributed by atoms with Crippen LogP contribution in [0.3, 0.4) is 0 Å². The topological polar surface area (TPSA) is 44.3 Å². The summed E-state index contributed by atoms with van der Waals surface area (Å²) in [5.74, 6) is 0.327. The molecule has 0 aliphatic heterocycles. The number of likely N-dealkylation sites (N-methyl/N-ethyl adjacent to an activating group) is 1. The van der Waals surface area contributed by atoms with Crippen molar-refractivity contribution in [3.05, 3.63) is 29.8 Å². The van der Waals surface area contributed by atoms with E-state index in [1.165, 1.54) is 6.42 Å². The second kappa shape index (κ2) is 11.1. The van der Waals surface area contributed by atoms with Gasteiger partial charge in [0.1, 0.15) is 5.75 Å². The van der Waals surface area contributed by atoms with E-state index < -0.39 is 0 Å². The quantitative estimate of drug-likeness (QED) is 0.682. The summed E-state index contributed by atoms with van der Waals surface area (Å²) in [6.45, 7) is 11.4. The minimum absolute atomic E-state index is 0.274. The number of phenols is 1. The third-order valence-electron chi connectivity index (χ3n) is 2.37. The lowest BCUT2D eigenvalue weighted by atomic mass is 10.1. The highest BCUT2D eigenvalue weighted by atomic mass is 16.3. The third-order valence-corrected chi connectivity index (χ3v) is 2.37. The van der Waals surface area contributed by atoms with Crippen molar-refractivity contribution in [3.63, 3.8) is 0 Å². The summed E-state index contributed by atoms with van der Waals surface area (Å²) in [5.41, 5.74) is 1.12. The van der Waals surface area contributed by atoms with E-state index >= 15 is 0 Å². The average molecular weight is 252 g/mol. The minimum atomic E-state index is 0.274. The fourth-order valence-corrected chi connectivity index (χ4v) is 1.47. The van der Waals surface area contributed by atoms with Gasteiger partial charge in [-0.25, -0.2) is 0 Å². The summed E-state index contributed by atoms with van der Waals surface area (Å²) in [4.78, 5) is 0. The van der Waals surface area contributed by atoms with Crippen LogP contribution in [0, 0.1) is 0 Å². The molecule has 1 rings (SSSR count). The number of rotatable bonds is 6. The molecule has 0 aliphatic carbocycles. The molecule has 0 aromatic heterocycles. The Kier molecular flexibility index (Phi) is 10.4. The van der Waals surface area contributed by atoms with Crippen LogP contribution in [0.15, 0.2) is 24.3 Å². The van der Waals surface area contributed by atoms with Crippen molar-refractivity contribution in [2.75, 3.05) is 19.6 Å². The van der Waals surface area contributed by atoms with Crippen molar-refractivity contribution < 1.29 is 5.11 Å². The van der Waals surface area contributed by atoms with Crippen LogP contribution in [0.2, 0.25) is 0 Å². The molecule has 1 unspecified atom stereocenters. The average Bonchev–Trinajstić information content (AvgIpc) is 2.35. The van der Waals surface area contributed by atoms with Gasteiger partial charge in [0.05, 0.1) is 0 Å². The molecule has 0 saturated heterocycles. The molecular formula is C15H28N2O. The van der Waals surface area contributed by atoms with Crippen LogP contribution in [0.25, 0.3) is 0 Å². The van der Waals surface area contributed by atoms with Gasteiger partial charge in [-0.2, -0.15) is 0 Å². The van der Waals surface area contributed by atoms with Gasteiger partial charge in [-0.15, -0.1) is 0 Å². The van der Waals surface area contributed by atoms with E-state index in [-0.39, 0.29) is 6.04 Å². The molecule has 0 radical (unpaired) electrons. The van der Waals surface area contributed by atoms with Crippen LogP contribution in [0.1, 0.15) is 45.7 Å². The molecule has 1 atom stereocenters. The van der Waals surface area contributed by atoms with E-state index in [0.29, 0.717) is 5.75 Å². The second-order valence-electron chi connectivity index (χ2n) is 4.33. The molecule has 104 valence electrons. The Bertz CT molecular complexity index is 302. The minimum Gasteiger partial charge on any atom is -0.508 e. The van der Waals surface area contributed by atoms with Gasteiger partial charge in [-0.1, -0.05) is 39.3 Å². The smallest absolute Gasteiger partial charge is 0.115 e. The Labute approximate surface area is 112 Å². The van der Waals surface area contributed by atoms with E-state index in [4.69, 9.17) is 0 Å². The fraction of sp³-hybridized carbons (Fsp3) is 0.600. The van der Waals surface area contributed by atoms with Gasteiger partial charge in [0.25, 0.3) is 0 Å². The number of hydrogen-bond acceptors (Lipinski definition) is 3. The molecule has 0 fully saturated rings. The zero-order chi connectivity index (χ0) is 13.8. The second-order valence-corrected chi connectivity index (χ2v) is 4.33. The molecule has 1 aromatic carbocycles. The Hall–Kier alpha value is -1.06. The van der Waals surface area contributed by atoms with Crippen LogP contribution >= 0.6 is 0 Å². The molecule has 0 saturated carbocycles. The van der Waals surface area contributed by atoms with E-state index in [9.17, 15) is 5.11 Å². The lowest BCUT2D eigenvalue weighted by Gasteiger charge is -2.14. The largest absolute Gasteiger partial charge is 0.508 e. The zero-order valence-corrected chi connectivity index (χ0v) is 12.2. The highest BCUT2D eigenvalue weighted by Gasteiger charge is 2.03. The van der Waals surface area contributed by atoms with E-state index in [0.717, 1.165) is 25.2 Å². The van der Waals surface area contributed by atoms with Crippen LogP contribution < -0.4 is 10.6 Å². The predicted octanol–water partition coefficient (Wildman–Crippen LogP) is 3.07. The first-order valence-corrected chi connectivity index (χ1v) is 6.88. The Morgan fingerprint density at radius 2 is 1.83 bits per heavy atom. The summed E-state index contributed by atoms with van der Waals surface area (Å²) < 4.78 is 0. The Balaban J connectivity index is 0.000000873. The maximum absolute atomic E-state index is 9.33. The first-order valence-electron chi connectivity index (χ1n) is 6.88. The lowest BCUT2D eigenvalue weighted by molar-refractivity contribution is 0.472. The van der Waals surface area contributed by atoms with Crippen molar-refractivity contribution in [2.24, 2.45) is 0 Å². The molecule has 3 N–H and O–H groups in total. The molecule has 3 heteroatoms. The number of aromatic hydroxyl groups is 1. The van der Waals surface area contributed by atoms with Crippen molar-refractivity contribution in [1.29, 1.82) is 0 Å². The molecule has 3 nitrogen and oxygen atoms in total. The number of hydrogen-bond donors (Lipinski definition) is 3. The normalized spacial score (nSPS) is 11.6. The maximum Gasteiger partial charge on any atom is 0.115 e. The van der Waals surface area contributed by atoms with Gasteiger partial charge in [-0.05, 0) is 31.2 Å². The summed E-state index contributed by atoms with van der Waals surface area (Å²) >= 11 is 0.